The van der Waals surface area contributed by atoms with Crippen molar-refractivity contribution < 1.29 is 9.18 Å². The van der Waals surface area contributed by atoms with Crippen molar-refractivity contribution in [3.05, 3.63) is 34.6 Å². The van der Waals surface area contributed by atoms with E-state index in [1.165, 1.54) is 12.1 Å². The lowest BCUT2D eigenvalue weighted by molar-refractivity contribution is 0.0571. The molecule has 0 saturated carbocycles. The van der Waals surface area contributed by atoms with Gasteiger partial charge in [-0.15, -0.1) is 0 Å². The normalized spacial score (nSPS) is 22.9. The van der Waals surface area contributed by atoms with Crippen molar-refractivity contribution in [1.29, 1.82) is 0 Å². The van der Waals surface area contributed by atoms with E-state index in [1.54, 1.807) is 11.0 Å². The summed E-state index contributed by atoms with van der Waals surface area (Å²) in [6.45, 7) is 5.44. The summed E-state index contributed by atoms with van der Waals surface area (Å²) in [5.74, 6) is -0.858. The van der Waals surface area contributed by atoms with Crippen molar-refractivity contribution >= 4 is 17.5 Å². The molecule has 110 valence electrons. The fraction of sp³-hybridized carbons (Fsp3) is 0.533. The Hall–Kier alpha value is -1.13. The van der Waals surface area contributed by atoms with E-state index in [2.05, 4.69) is 12.2 Å². The number of hydrogen-bond donors (Lipinski definition) is 1. The topological polar surface area (TPSA) is 32.3 Å². The summed E-state index contributed by atoms with van der Waals surface area (Å²) in [5.41, 5.74) is -0.00984. The Morgan fingerprint density at radius 3 is 2.80 bits per heavy atom. The summed E-state index contributed by atoms with van der Waals surface area (Å²) < 4.78 is 13.9. The molecule has 1 heterocycles. The first-order valence-corrected chi connectivity index (χ1v) is 7.44. The number of rotatable bonds is 3. The standard InChI is InChI=1S/C15H20ClFN2O/c1-3-10-9-19(11(4-2)8-18-10)15(20)14-12(16)6-5-7-13(14)17/h5-7,10-11,18H,3-4,8-9H2,1-2H3. The number of halogens is 2. The summed E-state index contributed by atoms with van der Waals surface area (Å²) in [6, 6.07) is 4.68. The number of piperazine rings is 1. The van der Waals surface area contributed by atoms with Gasteiger partial charge in [-0.1, -0.05) is 31.5 Å². The molecular formula is C15H20ClFN2O. The molecule has 3 nitrogen and oxygen atoms in total. The molecule has 0 aromatic heterocycles. The van der Waals surface area contributed by atoms with Crippen molar-refractivity contribution in [1.82, 2.24) is 10.2 Å². The summed E-state index contributed by atoms with van der Waals surface area (Å²) in [4.78, 5) is 14.4. The van der Waals surface area contributed by atoms with Crippen molar-refractivity contribution in [2.75, 3.05) is 13.1 Å². The van der Waals surface area contributed by atoms with Gasteiger partial charge in [0.15, 0.2) is 0 Å². The van der Waals surface area contributed by atoms with E-state index in [0.29, 0.717) is 6.54 Å². The predicted molar refractivity (Wildman–Crippen MR) is 78.6 cm³/mol. The molecule has 1 saturated heterocycles. The third kappa shape index (κ3) is 2.96. The summed E-state index contributed by atoms with van der Waals surface area (Å²) in [5, 5.41) is 3.59. The van der Waals surface area contributed by atoms with Crippen LogP contribution < -0.4 is 5.32 Å². The average Bonchev–Trinajstić information content (AvgIpc) is 2.46. The van der Waals surface area contributed by atoms with Crippen LogP contribution in [0.25, 0.3) is 0 Å². The van der Waals surface area contributed by atoms with Gasteiger partial charge in [0.1, 0.15) is 5.82 Å². The zero-order valence-electron chi connectivity index (χ0n) is 11.8. The molecule has 0 radical (unpaired) electrons. The second kappa shape index (κ2) is 6.55. The van der Waals surface area contributed by atoms with Gasteiger partial charge in [0, 0.05) is 25.2 Å². The number of benzene rings is 1. The van der Waals surface area contributed by atoms with Crippen LogP contribution in [0.15, 0.2) is 18.2 Å². The van der Waals surface area contributed by atoms with E-state index in [4.69, 9.17) is 11.6 Å². The molecule has 1 aromatic rings. The Kier molecular flexibility index (Phi) is 5.00. The molecule has 0 aliphatic carbocycles. The van der Waals surface area contributed by atoms with Gasteiger partial charge in [0.25, 0.3) is 5.91 Å². The summed E-state index contributed by atoms with van der Waals surface area (Å²) >= 11 is 6.00. The number of nitrogens with one attached hydrogen (secondary N) is 1. The van der Waals surface area contributed by atoms with Crippen LogP contribution in [0.1, 0.15) is 37.0 Å². The molecule has 1 aliphatic heterocycles. The molecule has 2 rings (SSSR count). The Morgan fingerprint density at radius 2 is 2.20 bits per heavy atom. The van der Waals surface area contributed by atoms with Crippen molar-refractivity contribution in [2.24, 2.45) is 0 Å². The van der Waals surface area contributed by atoms with Gasteiger partial charge in [0.05, 0.1) is 10.6 Å². The molecule has 1 N–H and O–H groups in total. The zero-order valence-corrected chi connectivity index (χ0v) is 12.6. The lowest BCUT2D eigenvalue weighted by Crippen LogP contribution is -2.58. The van der Waals surface area contributed by atoms with Crippen LogP contribution in [-0.2, 0) is 0 Å². The van der Waals surface area contributed by atoms with Crippen LogP contribution in [0.3, 0.4) is 0 Å². The second-order valence-electron chi connectivity index (χ2n) is 5.13. The minimum atomic E-state index is -0.552. The molecule has 1 aliphatic rings. The third-order valence-electron chi connectivity index (χ3n) is 3.90. The molecule has 1 amide bonds. The number of nitrogens with zero attached hydrogens (tertiary/aromatic N) is 1. The molecule has 5 heteroatoms. The first-order valence-electron chi connectivity index (χ1n) is 7.06. The molecule has 20 heavy (non-hydrogen) atoms. The highest BCUT2D eigenvalue weighted by atomic mass is 35.5. The largest absolute Gasteiger partial charge is 0.333 e. The second-order valence-corrected chi connectivity index (χ2v) is 5.54. The predicted octanol–water partition coefficient (Wildman–Crippen LogP) is 3.08. The van der Waals surface area contributed by atoms with Gasteiger partial charge in [0.2, 0.25) is 0 Å². The quantitative estimate of drug-likeness (QED) is 0.930. The van der Waals surface area contributed by atoms with E-state index in [1.807, 2.05) is 6.92 Å². The van der Waals surface area contributed by atoms with Gasteiger partial charge in [-0.2, -0.15) is 0 Å². The smallest absolute Gasteiger partial charge is 0.258 e. The first kappa shape index (κ1) is 15.3. The Morgan fingerprint density at radius 1 is 1.45 bits per heavy atom. The first-order chi connectivity index (χ1) is 9.58. The monoisotopic (exact) mass is 298 g/mol. The fourth-order valence-corrected chi connectivity index (χ4v) is 2.84. The van der Waals surface area contributed by atoms with Crippen molar-refractivity contribution in [2.45, 2.75) is 38.8 Å². The van der Waals surface area contributed by atoms with Crippen LogP contribution in [0.5, 0.6) is 0 Å². The Bertz CT molecular complexity index is 475. The third-order valence-corrected chi connectivity index (χ3v) is 4.22. The van der Waals surface area contributed by atoms with Gasteiger partial charge in [-0.05, 0) is 25.0 Å². The van der Waals surface area contributed by atoms with Gasteiger partial charge >= 0.3 is 0 Å². The highest BCUT2D eigenvalue weighted by Crippen LogP contribution is 2.23. The fourth-order valence-electron chi connectivity index (χ4n) is 2.60. The van der Waals surface area contributed by atoms with Gasteiger partial charge in [-0.25, -0.2) is 4.39 Å². The zero-order chi connectivity index (χ0) is 14.7. The Balaban J connectivity index is 2.29. The number of carbonyl (C=O) groups excluding carboxylic acids is 1. The van der Waals surface area contributed by atoms with E-state index >= 15 is 0 Å². The van der Waals surface area contributed by atoms with Crippen LogP contribution in [0.4, 0.5) is 4.39 Å². The highest BCUT2D eigenvalue weighted by molar-refractivity contribution is 6.33. The van der Waals surface area contributed by atoms with Crippen LogP contribution in [0.2, 0.25) is 5.02 Å². The SMILES string of the molecule is CCC1CN(C(=O)c2c(F)cccc2Cl)C(CC)CN1. The van der Waals surface area contributed by atoms with E-state index in [-0.39, 0.29) is 28.6 Å². The number of carbonyl (C=O) groups is 1. The Labute approximate surface area is 124 Å². The lowest BCUT2D eigenvalue weighted by Gasteiger charge is -2.40. The van der Waals surface area contributed by atoms with Crippen LogP contribution in [-0.4, -0.2) is 36.0 Å². The molecule has 0 bridgehead atoms. The van der Waals surface area contributed by atoms with E-state index < -0.39 is 5.82 Å². The average molecular weight is 299 g/mol. The molecule has 1 fully saturated rings. The summed E-state index contributed by atoms with van der Waals surface area (Å²) in [7, 11) is 0. The van der Waals surface area contributed by atoms with Crippen LogP contribution >= 0.6 is 11.6 Å². The van der Waals surface area contributed by atoms with E-state index in [9.17, 15) is 9.18 Å². The minimum Gasteiger partial charge on any atom is -0.333 e. The minimum absolute atomic E-state index is 0.00984. The van der Waals surface area contributed by atoms with E-state index in [0.717, 1.165) is 19.4 Å². The molecule has 2 atom stereocenters. The summed E-state index contributed by atoms with van der Waals surface area (Å²) in [6.07, 6.45) is 1.77. The van der Waals surface area contributed by atoms with Gasteiger partial charge < -0.3 is 10.2 Å². The maximum Gasteiger partial charge on any atom is 0.258 e. The molecule has 0 spiro atoms. The molecular weight excluding hydrogens is 279 g/mol. The van der Waals surface area contributed by atoms with Gasteiger partial charge in [-0.3, -0.25) is 4.79 Å². The van der Waals surface area contributed by atoms with Crippen molar-refractivity contribution in [3.8, 4) is 0 Å². The number of hydrogen-bond acceptors (Lipinski definition) is 2. The van der Waals surface area contributed by atoms with Crippen LogP contribution in [0, 0.1) is 5.82 Å². The highest BCUT2D eigenvalue weighted by Gasteiger charge is 2.32. The van der Waals surface area contributed by atoms with Crippen molar-refractivity contribution in [3.63, 3.8) is 0 Å². The maximum absolute atomic E-state index is 13.9. The molecule has 1 aromatic carbocycles. The number of amides is 1. The maximum atomic E-state index is 13.9. The lowest BCUT2D eigenvalue weighted by atomic mass is 10.0. The molecule has 2 unspecified atom stereocenters.